The lowest BCUT2D eigenvalue weighted by Gasteiger charge is -2.19. The fraction of sp³-hybridized carbons (Fsp3) is 0.200. The number of oxazole rings is 1. The van der Waals surface area contributed by atoms with Gasteiger partial charge in [-0.2, -0.15) is 0 Å². The molecule has 1 aromatic heterocycles. The zero-order valence-electron chi connectivity index (χ0n) is 15.0. The zero-order chi connectivity index (χ0) is 19.6. The van der Waals surface area contributed by atoms with Gasteiger partial charge >= 0.3 is 0 Å². The average molecular weight is 397 g/mol. The lowest BCUT2D eigenvalue weighted by Crippen LogP contribution is -2.36. The number of hydrogen-bond donors (Lipinski definition) is 1. The summed E-state index contributed by atoms with van der Waals surface area (Å²) in [5.41, 5.74) is 3.02. The van der Waals surface area contributed by atoms with Gasteiger partial charge in [-0.1, -0.05) is 30.3 Å². The Morgan fingerprint density at radius 2 is 1.93 bits per heavy atom. The molecule has 1 N–H and O–H groups in total. The minimum atomic E-state index is -3.49. The number of carbonyl (C=O) groups excluding carboxylic acids is 1. The summed E-state index contributed by atoms with van der Waals surface area (Å²) in [5.74, 6) is 0.147. The van der Waals surface area contributed by atoms with Crippen molar-refractivity contribution in [3.63, 3.8) is 0 Å². The molecule has 0 atom stereocenters. The first-order chi connectivity index (χ1) is 13.5. The maximum atomic E-state index is 12.6. The van der Waals surface area contributed by atoms with Crippen molar-refractivity contribution >= 4 is 21.6 Å². The van der Waals surface area contributed by atoms with Crippen molar-refractivity contribution in [2.75, 3.05) is 23.1 Å². The van der Waals surface area contributed by atoms with E-state index in [1.807, 2.05) is 24.3 Å². The number of sulfonamides is 1. The first-order valence-electron chi connectivity index (χ1n) is 8.90. The van der Waals surface area contributed by atoms with Crippen molar-refractivity contribution in [2.45, 2.75) is 6.42 Å². The maximum Gasteiger partial charge on any atom is 0.251 e. The highest BCUT2D eigenvalue weighted by atomic mass is 32.2. The monoisotopic (exact) mass is 397 g/mol. The van der Waals surface area contributed by atoms with Crippen LogP contribution in [0.15, 0.2) is 65.5 Å². The number of amides is 1. The van der Waals surface area contributed by atoms with E-state index in [2.05, 4.69) is 10.3 Å². The predicted octanol–water partition coefficient (Wildman–Crippen LogP) is 2.46. The molecule has 0 unspecified atom stereocenters. The van der Waals surface area contributed by atoms with Crippen LogP contribution in [0, 0.1) is 0 Å². The van der Waals surface area contributed by atoms with Gasteiger partial charge < -0.3 is 9.73 Å². The highest BCUT2D eigenvalue weighted by Crippen LogP contribution is 2.29. The van der Waals surface area contributed by atoms with Gasteiger partial charge in [0, 0.05) is 24.2 Å². The van der Waals surface area contributed by atoms with E-state index in [-0.39, 0.29) is 18.2 Å². The number of nitrogens with zero attached hydrogens (tertiary/aromatic N) is 2. The van der Waals surface area contributed by atoms with Crippen LogP contribution < -0.4 is 9.62 Å². The van der Waals surface area contributed by atoms with Crippen LogP contribution in [0.1, 0.15) is 15.9 Å². The summed E-state index contributed by atoms with van der Waals surface area (Å²) in [4.78, 5) is 16.2. The molecule has 0 saturated carbocycles. The summed E-state index contributed by atoms with van der Waals surface area (Å²) < 4.78 is 31.9. The molecule has 4 rings (SSSR count). The Balaban J connectivity index is 1.35. The second-order valence-electron chi connectivity index (χ2n) is 6.47. The molecular formula is C20H19N3O4S. The minimum absolute atomic E-state index is 0.0453. The van der Waals surface area contributed by atoms with Gasteiger partial charge in [0.25, 0.3) is 5.91 Å². The molecule has 8 heteroatoms. The molecule has 0 fully saturated rings. The Hall–Kier alpha value is -3.13. The third kappa shape index (κ3) is 3.63. The van der Waals surface area contributed by atoms with E-state index in [1.54, 1.807) is 30.5 Å². The summed E-state index contributed by atoms with van der Waals surface area (Å²) in [6.45, 7) is 0.489. The number of rotatable bonds is 6. The average Bonchev–Trinajstić information content (AvgIpc) is 3.38. The molecule has 1 aliphatic rings. The van der Waals surface area contributed by atoms with E-state index in [1.165, 1.54) is 10.7 Å². The largest absolute Gasteiger partial charge is 0.444 e. The van der Waals surface area contributed by atoms with Crippen LogP contribution in [0.4, 0.5) is 5.69 Å². The Bertz CT molecular complexity index is 1080. The smallest absolute Gasteiger partial charge is 0.251 e. The normalized spacial score (nSPS) is 13.4. The third-order valence-corrected chi connectivity index (χ3v) is 6.46. The van der Waals surface area contributed by atoms with Gasteiger partial charge in [-0.15, -0.1) is 0 Å². The van der Waals surface area contributed by atoms with Gasteiger partial charge in [0.2, 0.25) is 10.0 Å². The molecular weight excluding hydrogens is 378 g/mol. The molecule has 2 heterocycles. The molecule has 0 spiro atoms. The second-order valence-corrected chi connectivity index (χ2v) is 8.48. The van der Waals surface area contributed by atoms with Crippen LogP contribution in [0.2, 0.25) is 0 Å². The molecule has 2 aromatic carbocycles. The van der Waals surface area contributed by atoms with Crippen LogP contribution >= 0.6 is 0 Å². The maximum absolute atomic E-state index is 12.6. The van der Waals surface area contributed by atoms with Crippen molar-refractivity contribution in [2.24, 2.45) is 0 Å². The van der Waals surface area contributed by atoms with Gasteiger partial charge in [0.15, 0.2) is 12.2 Å². The number of fused-ring (bicyclic) bond motifs is 1. The van der Waals surface area contributed by atoms with Gasteiger partial charge in [-0.05, 0) is 30.2 Å². The summed E-state index contributed by atoms with van der Waals surface area (Å²) >= 11 is 0. The summed E-state index contributed by atoms with van der Waals surface area (Å²) in [5, 5.41) is 2.68. The first-order valence-corrected chi connectivity index (χ1v) is 10.5. The molecule has 0 bridgehead atoms. The predicted molar refractivity (Wildman–Crippen MR) is 106 cm³/mol. The molecule has 7 nitrogen and oxygen atoms in total. The molecule has 1 aliphatic heterocycles. The number of aromatic nitrogens is 1. The molecule has 28 heavy (non-hydrogen) atoms. The SMILES string of the molecule is O=C(NCCS(=O)(=O)N1CCc2ccccc21)c1ccc(-c2cnco2)cc1. The molecule has 0 radical (unpaired) electrons. The number of carbonyl (C=O) groups is 1. The molecule has 0 saturated heterocycles. The highest BCUT2D eigenvalue weighted by Gasteiger charge is 2.28. The lowest BCUT2D eigenvalue weighted by molar-refractivity contribution is 0.0956. The standard InChI is InChI=1S/C20H19N3O4S/c24-20(17-7-5-16(6-8-17)19-13-21-14-27-19)22-10-12-28(25,26)23-11-9-15-3-1-2-4-18(15)23/h1-8,13-14H,9-12H2,(H,22,24). The minimum Gasteiger partial charge on any atom is -0.444 e. The molecule has 0 aliphatic carbocycles. The Kier molecular flexibility index (Phi) is 4.87. The van der Waals surface area contributed by atoms with Crippen LogP contribution in [-0.2, 0) is 16.4 Å². The van der Waals surface area contributed by atoms with Crippen molar-refractivity contribution in [3.8, 4) is 11.3 Å². The highest BCUT2D eigenvalue weighted by molar-refractivity contribution is 7.92. The van der Waals surface area contributed by atoms with E-state index >= 15 is 0 Å². The summed E-state index contributed by atoms with van der Waals surface area (Å²) in [6.07, 6.45) is 3.64. The number of nitrogens with one attached hydrogen (secondary N) is 1. The number of hydrogen-bond acceptors (Lipinski definition) is 5. The van der Waals surface area contributed by atoms with Gasteiger partial charge in [0.1, 0.15) is 0 Å². The fourth-order valence-electron chi connectivity index (χ4n) is 3.25. The van der Waals surface area contributed by atoms with E-state index in [0.29, 0.717) is 24.3 Å². The van der Waals surface area contributed by atoms with E-state index < -0.39 is 10.0 Å². The van der Waals surface area contributed by atoms with Gasteiger partial charge in [-0.3, -0.25) is 9.10 Å². The van der Waals surface area contributed by atoms with Gasteiger partial charge in [0.05, 0.1) is 17.6 Å². The summed E-state index contributed by atoms with van der Waals surface area (Å²) in [7, 11) is -3.49. The number of benzene rings is 2. The van der Waals surface area contributed by atoms with Crippen LogP contribution in [0.25, 0.3) is 11.3 Å². The zero-order valence-corrected chi connectivity index (χ0v) is 15.9. The van der Waals surface area contributed by atoms with E-state index in [4.69, 9.17) is 4.42 Å². The van der Waals surface area contributed by atoms with Gasteiger partial charge in [-0.25, -0.2) is 13.4 Å². The quantitative estimate of drug-likeness (QED) is 0.690. The van der Waals surface area contributed by atoms with Crippen molar-refractivity contribution in [1.82, 2.24) is 10.3 Å². The van der Waals surface area contributed by atoms with Crippen LogP contribution in [-0.4, -0.2) is 38.2 Å². The fourth-order valence-corrected chi connectivity index (χ4v) is 4.67. The van der Waals surface area contributed by atoms with Crippen molar-refractivity contribution in [1.29, 1.82) is 0 Å². The second kappa shape index (κ2) is 7.47. The van der Waals surface area contributed by atoms with Crippen LogP contribution in [0.5, 0.6) is 0 Å². The van der Waals surface area contributed by atoms with E-state index in [0.717, 1.165) is 16.8 Å². The number of para-hydroxylation sites is 1. The first kappa shape index (κ1) is 18.2. The molecule has 1 amide bonds. The number of anilines is 1. The topological polar surface area (TPSA) is 92.5 Å². The van der Waals surface area contributed by atoms with Crippen molar-refractivity contribution in [3.05, 3.63) is 72.2 Å². The Morgan fingerprint density at radius 1 is 1.14 bits per heavy atom. The van der Waals surface area contributed by atoms with Crippen LogP contribution in [0.3, 0.4) is 0 Å². The lowest BCUT2D eigenvalue weighted by atomic mass is 10.1. The third-order valence-electron chi connectivity index (χ3n) is 4.69. The molecule has 144 valence electrons. The molecule has 3 aromatic rings. The summed E-state index contributed by atoms with van der Waals surface area (Å²) in [6, 6.07) is 14.3. The van der Waals surface area contributed by atoms with Crippen molar-refractivity contribution < 1.29 is 17.6 Å². The Morgan fingerprint density at radius 3 is 2.68 bits per heavy atom. The Labute approximate surface area is 163 Å². The van der Waals surface area contributed by atoms with E-state index in [9.17, 15) is 13.2 Å².